The second-order valence-corrected chi connectivity index (χ2v) is 6.54. The lowest BCUT2D eigenvalue weighted by Gasteiger charge is -2.13. The Bertz CT molecular complexity index is 709. The van der Waals surface area contributed by atoms with Crippen molar-refractivity contribution in [2.24, 2.45) is 4.99 Å². The second kappa shape index (κ2) is 10.2. The summed E-state index contributed by atoms with van der Waals surface area (Å²) < 4.78 is 0. The number of nitrogens with one attached hydrogen (secondary N) is 3. The molecule has 2 aromatic rings. The molecular formula is C21H28N4O. The summed E-state index contributed by atoms with van der Waals surface area (Å²) in [6.07, 6.45) is 0.401. The van der Waals surface area contributed by atoms with Gasteiger partial charge in [-0.25, -0.2) is 4.99 Å². The van der Waals surface area contributed by atoms with E-state index in [0.717, 1.165) is 11.3 Å². The summed E-state index contributed by atoms with van der Waals surface area (Å²) in [6.45, 7) is 7.07. The van der Waals surface area contributed by atoms with Crippen LogP contribution < -0.4 is 16.0 Å². The van der Waals surface area contributed by atoms with Gasteiger partial charge in [-0.05, 0) is 38.5 Å². The highest BCUT2D eigenvalue weighted by Crippen LogP contribution is 2.07. The number of carbonyl (C=O) groups is 1. The molecule has 5 heteroatoms. The fourth-order valence-corrected chi connectivity index (χ4v) is 2.35. The van der Waals surface area contributed by atoms with E-state index in [1.165, 1.54) is 5.56 Å². The Morgan fingerprint density at radius 1 is 1.04 bits per heavy atom. The molecule has 0 saturated heterocycles. The van der Waals surface area contributed by atoms with Gasteiger partial charge in [0.25, 0.3) is 0 Å². The SMILES string of the molecule is Cc1ccc(CN=C(NCCC(=O)NC(C)C)Nc2ccccc2)cc1. The molecular weight excluding hydrogens is 324 g/mol. The van der Waals surface area contributed by atoms with Gasteiger partial charge in [0.15, 0.2) is 5.96 Å². The van der Waals surface area contributed by atoms with E-state index in [-0.39, 0.29) is 11.9 Å². The Balaban J connectivity index is 1.97. The molecule has 2 rings (SSSR count). The smallest absolute Gasteiger partial charge is 0.221 e. The van der Waals surface area contributed by atoms with Crippen LogP contribution in [0.25, 0.3) is 0 Å². The fourth-order valence-electron chi connectivity index (χ4n) is 2.35. The lowest BCUT2D eigenvalue weighted by Crippen LogP contribution is -2.36. The van der Waals surface area contributed by atoms with Crippen LogP contribution in [0.2, 0.25) is 0 Å². The molecule has 0 bridgehead atoms. The van der Waals surface area contributed by atoms with E-state index in [0.29, 0.717) is 25.5 Å². The summed E-state index contributed by atoms with van der Waals surface area (Å²) in [6, 6.07) is 18.3. The van der Waals surface area contributed by atoms with Crippen molar-refractivity contribution in [3.8, 4) is 0 Å². The third-order valence-electron chi connectivity index (χ3n) is 3.67. The summed E-state index contributed by atoms with van der Waals surface area (Å²) in [4.78, 5) is 16.4. The number of hydrogen-bond donors (Lipinski definition) is 3. The van der Waals surface area contributed by atoms with E-state index >= 15 is 0 Å². The first kappa shape index (κ1) is 19.5. The highest BCUT2D eigenvalue weighted by atomic mass is 16.1. The molecule has 0 aromatic heterocycles. The van der Waals surface area contributed by atoms with Gasteiger partial charge in [-0.15, -0.1) is 0 Å². The third-order valence-corrected chi connectivity index (χ3v) is 3.67. The Morgan fingerprint density at radius 2 is 1.73 bits per heavy atom. The molecule has 138 valence electrons. The predicted molar refractivity (Wildman–Crippen MR) is 108 cm³/mol. The Hall–Kier alpha value is -2.82. The molecule has 26 heavy (non-hydrogen) atoms. The van der Waals surface area contributed by atoms with Crippen molar-refractivity contribution in [2.45, 2.75) is 39.8 Å². The summed E-state index contributed by atoms with van der Waals surface area (Å²) in [5.74, 6) is 0.694. The van der Waals surface area contributed by atoms with E-state index in [1.54, 1.807) is 0 Å². The molecule has 0 radical (unpaired) electrons. The van der Waals surface area contributed by atoms with Crippen LogP contribution in [0.1, 0.15) is 31.4 Å². The number of hydrogen-bond acceptors (Lipinski definition) is 2. The van der Waals surface area contributed by atoms with Crippen LogP contribution in [0, 0.1) is 6.92 Å². The average molecular weight is 352 g/mol. The maximum atomic E-state index is 11.8. The van der Waals surface area contributed by atoms with Crippen LogP contribution in [0.4, 0.5) is 5.69 Å². The molecule has 0 heterocycles. The number of nitrogens with zero attached hydrogens (tertiary/aromatic N) is 1. The number of benzene rings is 2. The minimum absolute atomic E-state index is 0.0325. The van der Waals surface area contributed by atoms with Crippen molar-refractivity contribution >= 4 is 17.6 Å². The van der Waals surface area contributed by atoms with Crippen molar-refractivity contribution in [2.75, 3.05) is 11.9 Å². The number of aliphatic imine (C=N–C) groups is 1. The molecule has 2 aromatic carbocycles. The van der Waals surface area contributed by atoms with E-state index in [9.17, 15) is 4.79 Å². The quantitative estimate of drug-likeness (QED) is 0.528. The van der Waals surface area contributed by atoms with Gasteiger partial charge in [0.2, 0.25) is 5.91 Å². The van der Waals surface area contributed by atoms with Crippen LogP contribution in [0.3, 0.4) is 0 Å². The normalized spacial score (nSPS) is 11.3. The zero-order valence-corrected chi connectivity index (χ0v) is 15.8. The number of rotatable bonds is 7. The van der Waals surface area contributed by atoms with Crippen molar-refractivity contribution in [1.82, 2.24) is 10.6 Å². The first-order valence-corrected chi connectivity index (χ1v) is 8.98. The van der Waals surface area contributed by atoms with Gasteiger partial charge in [-0.1, -0.05) is 48.0 Å². The highest BCUT2D eigenvalue weighted by molar-refractivity contribution is 5.93. The highest BCUT2D eigenvalue weighted by Gasteiger charge is 2.05. The van der Waals surface area contributed by atoms with Crippen LogP contribution in [-0.4, -0.2) is 24.5 Å². The molecule has 5 nitrogen and oxygen atoms in total. The number of amides is 1. The Kier molecular flexibility index (Phi) is 7.68. The zero-order chi connectivity index (χ0) is 18.8. The lowest BCUT2D eigenvalue weighted by atomic mass is 10.1. The van der Waals surface area contributed by atoms with E-state index in [4.69, 9.17) is 0 Å². The molecule has 0 aliphatic rings. The zero-order valence-electron chi connectivity index (χ0n) is 15.8. The minimum Gasteiger partial charge on any atom is -0.356 e. The Morgan fingerprint density at radius 3 is 2.38 bits per heavy atom. The van der Waals surface area contributed by atoms with Crippen molar-refractivity contribution in [3.63, 3.8) is 0 Å². The van der Waals surface area contributed by atoms with Crippen molar-refractivity contribution in [3.05, 3.63) is 65.7 Å². The molecule has 0 saturated carbocycles. The van der Waals surface area contributed by atoms with E-state index in [1.807, 2.05) is 44.2 Å². The van der Waals surface area contributed by atoms with Gasteiger partial charge in [-0.3, -0.25) is 4.79 Å². The van der Waals surface area contributed by atoms with Crippen LogP contribution in [0.5, 0.6) is 0 Å². The number of anilines is 1. The van der Waals surface area contributed by atoms with Crippen LogP contribution >= 0.6 is 0 Å². The van der Waals surface area contributed by atoms with Crippen LogP contribution in [-0.2, 0) is 11.3 Å². The third kappa shape index (κ3) is 7.38. The standard InChI is InChI=1S/C21H28N4O/c1-16(2)24-20(26)13-14-22-21(25-19-7-5-4-6-8-19)23-15-18-11-9-17(3)10-12-18/h4-12,16H,13-15H2,1-3H3,(H,24,26)(H2,22,23,25). The monoisotopic (exact) mass is 352 g/mol. The molecule has 0 spiro atoms. The van der Waals surface area contributed by atoms with Crippen molar-refractivity contribution < 1.29 is 4.79 Å². The van der Waals surface area contributed by atoms with E-state index in [2.05, 4.69) is 52.1 Å². The topological polar surface area (TPSA) is 65.5 Å². The second-order valence-electron chi connectivity index (χ2n) is 6.54. The Labute approximate surface area is 155 Å². The first-order chi connectivity index (χ1) is 12.5. The number of aryl methyl sites for hydroxylation is 1. The van der Waals surface area contributed by atoms with Gasteiger partial charge >= 0.3 is 0 Å². The van der Waals surface area contributed by atoms with Gasteiger partial charge in [0, 0.05) is 24.7 Å². The molecule has 0 fully saturated rings. The number of guanidine groups is 1. The summed E-state index contributed by atoms with van der Waals surface area (Å²) >= 11 is 0. The van der Waals surface area contributed by atoms with E-state index < -0.39 is 0 Å². The van der Waals surface area contributed by atoms with Crippen molar-refractivity contribution in [1.29, 1.82) is 0 Å². The molecule has 1 amide bonds. The summed E-state index contributed by atoms with van der Waals surface area (Å²) in [5.41, 5.74) is 3.33. The molecule has 0 aliphatic heterocycles. The predicted octanol–water partition coefficient (Wildman–Crippen LogP) is 3.47. The number of para-hydroxylation sites is 1. The fraction of sp³-hybridized carbons (Fsp3) is 0.333. The molecule has 0 unspecified atom stereocenters. The largest absolute Gasteiger partial charge is 0.356 e. The maximum absolute atomic E-state index is 11.8. The number of carbonyl (C=O) groups excluding carboxylic acids is 1. The van der Waals surface area contributed by atoms with Gasteiger partial charge in [0.1, 0.15) is 0 Å². The van der Waals surface area contributed by atoms with Crippen LogP contribution in [0.15, 0.2) is 59.6 Å². The van der Waals surface area contributed by atoms with Gasteiger partial charge < -0.3 is 16.0 Å². The van der Waals surface area contributed by atoms with Gasteiger partial charge in [0.05, 0.1) is 6.54 Å². The first-order valence-electron chi connectivity index (χ1n) is 8.98. The van der Waals surface area contributed by atoms with Gasteiger partial charge in [-0.2, -0.15) is 0 Å². The average Bonchev–Trinajstić information content (AvgIpc) is 2.61. The summed E-state index contributed by atoms with van der Waals surface area (Å²) in [5, 5.41) is 9.40. The minimum atomic E-state index is 0.0325. The summed E-state index contributed by atoms with van der Waals surface area (Å²) in [7, 11) is 0. The molecule has 0 aliphatic carbocycles. The molecule has 3 N–H and O–H groups in total. The lowest BCUT2D eigenvalue weighted by molar-refractivity contribution is -0.121. The maximum Gasteiger partial charge on any atom is 0.221 e. The molecule has 0 atom stereocenters.